The Morgan fingerprint density at radius 1 is 1.03 bits per heavy atom. The summed E-state index contributed by atoms with van der Waals surface area (Å²) in [4.78, 5) is 22.6. The molecule has 0 bridgehead atoms. The Kier molecular flexibility index (Phi) is 7.65. The van der Waals surface area contributed by atoms with Crippen molar-refractivity contribution in [3.8, 4) is 22.3 Å². The summed E-state index contributed by atoms with van der Waals surface area (Å²) in [5.74, 6) is -0.897. The van der Waals surface area contributed by atoms with Crippen LogP contribution in [0.4, 0.5) is 0 Å². The van der Waals surface area contributed by atoms with E-state index in [-0.39, 0.29) is 5.92 Å². The van der Waals surface area contributed by atoms with Crippen LogP contribution in [-0.2, 0) is 20.6 Å². The van der Waals surface area contributed by atoms with Crippen molar-refractivity contribution in [1.29, 1.82) is 0 Å². The maximum absolute atomic E-state index is 11.2. The molecule has 36 heavy (non-hydrogen) atoms. The number of aromatic nitrogens is 1. The molecule has 0 spiro atoms. The number of hydrogen-bond acceptors (Lipinski definition) is 5. The van der Waals surface area contributed by atoms with Crippen LogP contribution in [-0.4, -0.2) is 41.2 Å². The average Bonchev–Trinajstić information content (AvgIpc) is 3.28. The summed E-state index contributed by atoms with van der Waals surface area (Å²) in [5, 5.41) is 11.0. The fourth-order valence-corrected chi connectivity index (χ4v) is 5.38. The number of carbonyl (C=O) groups is 1. The summed E-state index contributed by atoms with van der Waals surface area (Å²) in [6.07, 6.45) is 1.40. The number of piperidine rings is 1. The van der Waals surface area contributed by atoms with Gasteiger partial charge in [0.2, 0.25) is 0 Å². The molecule has 3 aromatic carbocycles. The third kappa shape index (κ3) is 5.61. The monoisotopic (exact) mass is 522 g/mol. The van der Waals surface area contributed by atoms with Crippen LogP contribution >= 0.6 is 23.6 Å². The van der Waals surface area contributed by atoms with E-state index in [0.29, 0.717) is 17.9 Å². The molecule has 4 aromatic rings. The summed E-state index contributed by atoms with van der Waals surface area (Å²) in [7, 11) is 1.48. The molecular weight excluding hydrogens is 496 g/mol. The highest BCUT2D eigenvalue weighted by molar-refractivity contribution is 7.94. The van der Waals surface area contributed by atoms with Crippen molar-refractivity contribution in [3.63, 3.8) is 0 Å². The molecule has 1 saturated heterocycles. The normalized spacial score (nSPS) is 14.9. The molecule has 2 N–H and O–H groups in total. The van der Waals surface area contributed by atoms with Crippen LogP contribution < -0.4 is 0 Å². The van der Waals surface area contributed by atoms with Gasteiger partial charge in [0, 0.05) is 33.6 Å². The quantitative estimate of drug-likeness (QED) is 0.147. The Morgan fingerprint density at radius 3 is 2.31 bits per heavy atom. The number of nitrogens with zero attached hydrogens (tertiary/aromatic N) is 1. The lowest BCUT2D eigenvalue weighted by Crippen LogP contribution is -2.35. The molecule has 0 amide bonds. The number of nitrogens with one attached hydrogen (secondary N) is 1. The van der Waals surface area contributed by atoms with Gasteiger partial charge in [0.1, 0.15) is 0 Å². The molecule has 1 aromatic heterocycles. The van der Waals surface area contributed by atoms with E-state index in [2.05, 4.69) is 63.3 Å². The largest absolute Gasteiger partial charge is 0.481 e. The molecule has 0 radical (unpaired) electrons. The number of fused-ring (bicyclic) bond motifs is 1. The van der Waals surface area contributed by atoms with Gasteiger partial charge in [-0.2, -0.15) is 4.33 Å². The predicted octanol–water partition coefficient (Wildman–Crippen LogP) is 7.04. The summed E-state index contributed by atoms with van der Waals surface area (Å²) in [5.41, 5.74) is 6.41. The van der Waals surface area contributed by atoms with Crippen molar-refractivity contribution in [2.24, 2.45) is 5.92 Å². The first-order valence-corrected chi connectivity index (χ1v) is 13.0. The van der Waals surface area contributed by atoms with Gasteiger partial charge in [0.15, 0.2) is 0 Å². The second-order valence-electron chi connectivity index (χ2n) is 9.02. The highest BCUT2D eigenvalue weighted by atomic mass is 35.5. The van der Waals surface area contributed by atoms with Gasteiger partial charge in [-0.05, 0) is 73.0 Å². The second-order valence-corrected chi connectivity index (χ2v) is 10.2. The Morgan fingerprint density at radius 2 is 1.67 bits per heavy atom. The minimum absolute atomic E-state index is 0.217. The lowest BCUT2D eigenvalue weighted by molar-refractivity contribution is -0.160. The summed E-state index contributed by atoms with van der Waals surface area (Å²) in [6, 6.07) is 22.8. The number of benzene rings is 3. The highest BCUT2D eigenvalue weighted by Gasteiger charge is 2.24. The Bertz CT molecular complexity index is 1350. The molecule has 5 rings (SSSR count). The van der Waals surface area contributed by atoms with Crippen LogP contribution in [0.2, 0.25) is 5.02 Å². The number of rotatable bonds is 8. The molecule has 2 heterocycles. The zero-order valence-corrected chi connectivity index (χ0v) is 21.4. The van der Waals surface area contributed by atoms with Crippen LogP contribution in [0, 0.1) is 5.92 Å². The molecule has 1 aliphatic heterocycles. The van der Waals surface area contributed by atoms with E-state index in [1.807, 2.05) is 18.2 Å². The SMILES string of the molecule is COOSc1ccc(-c2ccc(-c3cc4cc(CN5CCC(C(=O)O)CC5)[nH]c4cc3Cl)cc2)cc1. The number of carboxylic acid groups (broad SMARTS) is 1. The molecule has 1 aliphatic rings. The molecule has 0 aliphatic carbocycles. The molecule has 6 nitrogen and oxygen atoms in total. The van der Waals surface area contributed by atoms with E-state index in [1.165, 1.54) is 19.2 Å². The molecule has 0 saturated carbocycles. The first kappa shape index (κ1) is 24.9. The first-order valence-electron chi connectivity index (χ1n) is 11.8. The molecule has 0 atom stereocenters. The highest BCUT2D eigenvalue weighted by Crippen LogP contribution is 2.34. The van der Waals surface area contributed by atoms with Crippen LogP contribution in [0.5, 0.6) is 0 Å². The zero-order chi connectivity index (χ0) is 25.1. The van der Waals surface area contributed by atoms with Crippen LogP contribution in [0.1, 0.15) is 18.5 Å². The molecular formula is C28H27ClN2O4S. The topological polar surface area (TPSA) is 74.8 Å². The van der Waals surface area contributed by atoms with Crippen molar-refractivity contribution in [3.05, 3.63) is 77.4 Å². The van der Waals surface area contributed by atoms with Crippen LogP contribution in [0.15, 0.2) is 71.6 Å². The number of carboxylic acids is 1. The smallest absolute Gasteiger partial charge is 0.306 e. The van der Waals surface area contributed by atoms with Crippen molar-refractivity contribution in [2.75, 3.05) is 20.2 Å². The van der Waals surface area contributed by atoms with E-state index in [0.717, 1.165) is 63.4 Å². The van der Waals surface area contributed by atoms with Crippen molar-refractivity contribution in [1.82, 2.24) is 9.88 Å². The third-order valence-corrected chi connectivity index (χ3v) is 7.66. The number of aliphatic carboxylic acids is 1. The lowest BCUT2D eigenvalue weighted by atomic mass is 9.97. The van der Waals surface area contributed by atoms with Gasteiger partial charge >= 0.3 is 5.97 Å². The maximum Gasteiger partial charge on any atom is 0.306 e. The Balaban J connectivity index is 1.30. The molecule has 1 fully saturated rings. The molecule has 8 heteroatoms. The van der Waals surface area contributed by atoms with Gasteiger partial charge in [-0.25, -0.2) is 4.89 Å². The average molecular weight is 523 g/mol. The summed E-state index contributed by atoms with van der Waals surface area (Å²) in [6.45, 7) is 2.37. The van der Waals surface area contributed by atoms with E-state index < -0.39 is 5.97 Å². The van der Waals surface area contributed by atoms with Crippen molar-refractivity contribution >= 4 is 40.5 Å². The van der Waals surface area contributed by atoms with E-state index in [1.54, 1.807) is 0 Å². The van der Waals surface area contributed by atoms with Crippen molar-refractivity contribution in [2.45, 2.75) is 24.3 Å². The number of hydrogen-bond donors (Lipinski definition) is 2. The van der Waals surface area contributed by atoms with Gasteiger partial charge in [-0.15, -0.1) is 0 Å². The summed E-state index contributed by atoms with van der Waals surface area (Å²) < 4.78 is 4.90. The van der Waals surface area contributed by atoms with Gasteiger partial charge in [-0.1, -0.05) is 48.0 Å². The number of aromatic amines is 1. The second kappa shape index (κ2) is 11.1. The predicted molar refractivity (Wildman–Crippen MR) is 144 cm³/mol. The minimum atomic E-state index is -0.680. The Labute approximate surface area is 219 Å². The van der Waals surface area contributed by atoms with Crippen molar-refractivity contribution < 1.29 is 19.1 Å². The van der Waals surface area contributed by atoms with Crippen LogP contribution in [0.25, 0.3) is 33.2 Å². The minimum Gasteiger partial charge on any atom is -0.481 e. The van der Waals surface area contributed by atoms with Gasteiger partial charge in [0.25, 0.3) is 0 Å². The number of halogens is 1. The number of H-pyrrole nitrogens is 1. The van der Waals surface area contributed by atoms with Crippen LogP contribution in [0.3, 0.4) is 0 Å². The maximum atomic E-state index is 11.2. The molecule has 186 valence electrons. The fraction of sp³-hybridized carbons (Fsp3) is 0.250. The fourth-order valence-electron chi connectivity index (χ4n) is 4.72. The zero-order valence-electron chi connectivity index (χ0n) is 19.9. The molecule has 0 unspecified atom stereocenters. The first-order chi connectivity index (χ1) is 17.5. The van der Waals surface area contributed by atoms with Gasteiger partial charge < -0.3 is 10.1 Å². The standard InChI is InChI=1S/C28H27ClN2O4S/c1-34-35-36-24-8-6-19(7-9-24)18-2-4-20(5-3-18)25-15-22-14-23(30-27(22)16-26(25)29)17-31-12-10-21(11-13-31)28(32)33/h2-9,14-16,21,30H,10-13,17H2,1H3,(H,32,33). The number of likely N-dealkylation sites (tertiary alicyclic amines) is 1. The van der Waals surface area contributed by atoms with E-state index in [9.17, 15) is 9.90 Å². The Hall–Kier alpha value is -2.81. The summed E-state index contributed by atoms with van der Waals surface area (Å²) >= 11 is 7.87. The third-order valence-electron chi connectivity index (χ3n) is 6.68. The van der Waals surface area contributed by atoms with Gasteiger partial charge in [-0.3, -0.25) is 9.69 Å². The lowest BCUT2D eigenvalue weighted by Gasteiger charge is -2.29. The van der Waals surface area contributed by atoms with E-state index in [4.69, 9.17) is 15.9 Å². The van der Waals surface area contributed by atoms with Gasteiger partial charge in [0.05, 0.1) is 30.1 Å². The van der Waals surface area contributed by atoms with E-state index >= 15 is 0 Å².